The van der Waals surface area contributed by atoms with E-state index in [1.807, 2.05) is 18.2 Å². The van der Waals surface area contributed by atoms with Gasteiger partial charge in [-0.25, -0.2) is 8.42 Å². The Morgan fingerprint density at radius 3 is 2.81 bits per heavy atom. The van der Waals surface area contributed by atoms with E-state index < -0.39 is 9.84 Å². The normalized spacial score (nSPS) is 11.4. The van der Waals surface area contributed by atoms with Gasteiger partial charge in [0.25, 0.3) is 0 Å². The first kappa shape index (κ1) is 10.7. The predicted octanol–water partition coefficient (Wildman–Crippen LogP) is 1.86. The van der Waals surface area contributed by atoms with Crippen molar-refractivity contribution in [2.45, 2.75) is 11.3 Å². The Hall–Kier alpha value is -1.80. The van der Waals surface area contributed by atoms with Gasteiger partial charge in [0.1, 0.15) is 0 Å². The maximum atomic E-state index is 11.9. The molecule has 16 heavy (non-hydrogen) atoms. The minimum absolute atomic E-state index is 0.0157. The fourth-order valence-corrected chi connectivity index (χ4v) is 2.92. The number of nitrogens with zero attached hydrogens (tertiary/aromatic N) is 1. The maximum Gasteiger partial charge on any atom is 0.181 e. The van der Waals surface area contributed by atoms with Crippen molar-refractivity contribution in [3.8, 4) is 6.07 Å². The van der Waals surface area contributed by atoms with Crippen LogP contribution >= 0.6 is 0 Å². The molecule has 1 aromatic heterocycles. The zero-order chi connectivity index (χ0) is 11.6. The molecule has 0 aliphatic rings. The van der Waals surface area contributed by atoms with Gasteiger partial charge < -0.3 is 4.98 Å². The molecule has 0 aliphatic heterocycles. The van der Waals surface area contributed by atoms with Gasteiger partial charge in [-0.3, -0.25) is 0 Å². The number of rotatable bonds is 3. The topological polar surface area (TPSA) is 73.7 Å². The van der Waals surface area contributed by atoms with E-state index in [-0.39, 0.29) is 17.1 Å². The standard InChI is InChI=1S/C11H10N2O2S/c12-6-3-7-16(14,15)11-8-13-10-5-2-1-4-9(10)11/h1-2,4-5,8,13H,3,7H2. The summed E-state index contributed by atoms with van der Waals surface area (Å²) in [5.74, 6) is -0.134. The molecule has 82 valence electrons. The molecule has 5 heteroatoms. The lowest BCUT2D eigenvalue weighted by Crippen LogP contribution is -2.05. The van der Waals surface area contributed by atoms with Gasteiger partial charge in [-0.2, -0.15) is 5.26 Å². The van der Waals surface area contributed by atoms with Gasteiger partial charge in [-0.05, 0) is 6.07 Å². The number of para-hydroxylation sites is 1. The van der Waals surface area contributed by atoms with Crippen molar-refractivity contribution in [2.24, 2.45) is 0 Å². The van der Waals surface area contributed by atoms with Crippen LogP contribution in [-0.4, -0.2) is 19.2 Å². The molecule has 0 radical (unpaired) electrons. The molecule has 2 rings (SSSR count). The third-order valence-corrected chi connectivity index (χ3v) is 4.12. The second-order valence-electron chi connectivity index (χ2n) is 3.43. The van der Waals surface area contributed by atoms with E-state index in [4.69, 9.17) is 5.26 Å². The van der Waals surface area contributed by atoms with Gasteiger partial charge in [0.15, 0.2) is 9.84 Å². The van der Waals surface area contributed by atoms with E-state index in [0.717, 1.165) is 5.52 Å². The van der Waals surface area contributed by atoms with Crippen LogP contribution < -0.4 is 0 Å². The lowest BCUT2D eigenvalue weighted by molar-refractivity contribution is 0.597. The van der Waals surface area contributed by atoms with Crippen molar-refractivity contribution in [3.05, 3.63) is 30.5 Å². The first-order chi connectivity index (χ1) is 7.65. The van der Waals surface area contributed by atoms with Gasteiger partial charge >= 0.3 is 0 Å². The van der Waals surface area contributed by atoms with Crippen LogP contribution in [0.15, 0.2) is 35.4 Å². The number of sulfone groups is 1. The van der Waals surface area contributed by atoms with Crippen molar-refractivity contribution >= 4 is 20.7 Å². The fourth-order valence-electron chi connectivity index (χ4n) is 1.59. The van der Waals surface area contributed by atoms with Crippen LogP contribution in [0.5, 0.6) is 0 Å². The number of hydrogen-bond acceptors (Lipinski definition) is 3. The summed E-state index contributed by atoms with van der Waals surface area (Å²) in [6.07, 6.45) is 1.50. The number of nitrogens with one attached hydrogen (secondary N) is 1. The van der Waals surface area contributed by atoms with Crippen molar-refractivity contribution in [1.29, 1.82) is 5.26 Å². The van der Waals surface area contributed by atoms with Crippen molar-refractivity contribution < 1.29 is 8.42 Å². The molecule has 2 aromatic rings. The fraction of sp³-hybridized carbons (Fsp3) is 0.182. The Labute approximate surface area is 93.4 Å². The Bertz CT molecular complexity index is 650. The minimum Gasteiger partial charge on any atom is -0.360 e. The number of benzene rings is 1. The highest BCUT2D eigenvalue weighted by molar-refractivity contribution is 7.91. The highest BCUT2D eigenvalue weighted by Crippen LogP contribution is 2.23. The van der Waals surface area contributed by atoms with Crippen LogP contribution in [0.2, 0.25) is 0 Å². The van der Waals surface area contributed by atoms with E-state index in [9.17, 15) is 8.42 Å². The molecule has 0 spiro atoms. The summed E-state index contributed by atoms with van der Waals surface area (Å²) in [7, 11) is -3.36. The van der Waals surface area contributed by atoms with E-state index in [0.29, 0.717) is 5.39 Å². The van der Waals surface area contributed by atoms with Gasteiger partial charge in [-0.1, -0.05) is 18.2 Å². The maximum absolute atomic E-state index is 11.9. The Kier molecular flexibility index (Phi) is 2.67. The average Bonchev–Trinajstić information content (AvgIpc) is 2.71. The SMILES string of the molecule is N#CCCS(=O)(=O)c1c[nH]c2ccccc12. The summed E-state index contributed by atoms with van der Waals surface area (Å²) in [6, 6.07) is 9.05. The summed E-state index contributed by atoms with van der Waals surface area (Å²) < 4.78 is 23.8. The monoisotopic (exact) mass is 234 g/mol. The van der Waals surface area contributed by atoms with Crippen LogP contribution in [0.3, 0.4) is 0 Å². The number of H-pyrrole nitrogens is 1. The molecule has 1 aromatic carbocycles. The second-order valence-corrected chi connectivity index (χ2v) is 5.50. The number of aromatic amines is 1. The first-order valence-corrected chi connectivity index (χ1v) is 6.46. The van der Waals surface area contributed by atoms with Crippen LogP contribution in [-0.2, 0) is 9.84 Å². The van der Waals surface area contributed by atoms with Gasteiger partial charge in [0.05, 0.1) is 16.7 Å². The lowest BCUT2D eigenvalue weighted by Gasteiger charge is -1.99. The lowest BCUT2D eigenvalue weighted by atomic mass is 10.2. The number of aromatic nitrogens is 1. The third kappa shape index (κ3) is 1.79. The van der Waals surface area contributed by atoms with Crippen molar-refractivity contribution in [3.63, 3.8) is 0 Å². The summed E-state index contributed by atoms with van der Waals surface area (Å²) in [5.41, 5.74) is 0.790. The Morgan fingerprint density at radius 2 is 2.06 bits per heavy atom. The van der Waals surface area contributed by atoms with Crippen molar-refractivity contribution in [1.82, 2.24) is 4.98 Å². The predicted molar refractivity (Wildman–Crippen MR) is 60.6 cm³/mol. The molecule has 4 nitrogen and oxygen atoms in total. The summed E-state index contributed by atoms with van der Waals surface area (Å²) in [4.78, 5) is 3.18. The Balaban J connectivity index is 2.52. The average molecular weight is 234 g/mol. The third-order valence-electron chi connectivity index (χ3n) is 2.37. The number of hydrogen-bond donors (Lipinski definition) is 1. The molecule has 0 aliphatic carbocycles. The largest absolute Gasteiger partial charge is 0.360 e. The van der Waals surface area contributed by atoms with E-state index in [1.54, 1.807) is 12.1 Å². The molecule has 0 amide bonds. The zero-order valence-corrected chi connectivity index (χ0v) is 9.29. The quantitative estimate of drug-likeness (QED) is 0.880. The molecule has 0 fully saturated rings. The van der Waals surface area contributed by atoms with E-state index in [2.05, 4.69) is 4.98 Å². The molecule has 1 N–H and O–H groups in total. The Morgan fingerprint density at radius 1 is 1.31 bits per heavy atom. The highest BCUT2D eigenvalue weighted by atomic mass is 32.2. The minimum atomic E-state index is -3.36. The number of nitriles is 1. The molecular weight excluding hydrogens is 224 g/mol. The van der Waals surface area contributed by atoms with Crippen LogP contribution in [0.4, 0.5) is 0 Å². The van der Waals surface area contributed by atoms with Crippen LogP contribution in [0.1, 0.15) is 6.42 Å². The molecule has 0 saturated heterocycles. The molecule has 0 bridgehead atoms. The van der Waals surface area contributed by atoms with Crippen molar-refractivity contribution in [2.75, 3.05) is 5.75 Å². The van der Waals surface area contributed by atoms with Crippen LogP contribution in [0.25, 0.3) is 10.9 Å². The molecule has 0 saturated carbocycles. The smallest absolute Gasteiger partial charge is 0.181 e. The molecule has 1 heterocycles. The second kappa shape index (κ2) is 3.99. The zero-order valence-electron chi connectivity index (χ0n) is 8.47. The van der Waals surface area contributed by atoms with Gasteiger partial charge in [0, 0.05) is 23.5 Å². The number of fused-ring (bicyclic) bond motifs is 1. The summed E-state index contributed by atoms with van der Waals surface area (Å²) in [5, 5.41) is 9.10. The summed E-state index contributed by atoms with van der Waals surface area (Å²) in [6.45, 7) is 0. The summed E-state index contributed by atoms with van der Waals surface area (Å²) >= 11 is 0. The highest BCUT2D eigenvalue weighted by Gasteiger charge is 2.18. The van der Waals surface area contributed by atoms with E-state index >= 15 is 0 Å². The van der Waals surface area contributed by atoms with Crippen LogP contribution in [0, 0.1) is 11.3 Å². The van der Waals surface area contributed by atoms with E-state index in [1.165, 1.54) is 6.20 Å². The molecule has 0 atom stereocenters. The first-order valence-electron chi connectivity index (χ1n) is 4.81. The van der Waals surface area contributed by atoms with Gasteiger partial charge in [-0.15, -0.1) is 0 Å². The molecule has 0 unspecified atom stereocenters. The van der Waals surface area contributed by atoms with Gasteiger partial charge in [0.2, 0.25) is 0 Å². The molecular formula is C11H10N2O2S.